The van der Waals surface area contributed by atoms with Gasteiger partial charge >= 0.3 is 0 Å². The van der Waals surface area contributed by atoms with Gasteiger partial charge in [-0.25, -0.2) is 4.98 Å². The van der Waals surface area contributed by atoms with E-state index in [1.807, 2.05) is 65.2 Å². The highest BCUT2D eigenvalue weighted by Gasteiger charge is 2.11. The molecule has 0 aliphatic rings. The number of carbonyl (C=O) groups is 1. The molecule has 0 bridgehead atoms. The lowest BCUT2D eigenvalue weighted by Crippen LogP contribution is -2.26. The van der Waals surface area contributed by atoms with Gasteiger partial charge < -0.3 is 9.72 Å². The van der Waals surface area contributed by atoms with E-state index >= 15 is 0 Å². The zero-order valence-electron chi connectivity index (χ0n) is 14.5. The van der Waals surface area contributed by atoms with E-state index in [-0.39, 0.29) is 5.91 Å². The summed E-state index contributed by atoms with van der Waals surface area (Å²) in [5.74, 6) is -0.192. The molecule has 0 aliphatic heterocycles. The van der Waals surface area contributed by atoms with Crippen molar-refractivity contribution in [1.82, 2.24) is 19.7 Å². The quantitative estimate of drug-likeness (QED) is 0.572. The Hall–Kier alpha value is -3.18. The average molecular weight is 377 g/mol. The predicted molar refractivity (Wildman–Crippen MR) is 106 cm³/mol. The Kier molecular flexibility index (Phi) is 4.85. The highest BCUT2D eigenvalue weighted by atomic mass is 35.5. The highest BCUT2D eigenvalue weighted by molar-refractivity contribution is 6.30. The predicted octanol–water partition coefficient (Wildman–Crippen LogP) is 4.02. The van der Waals surface area contributed by atoms with Crippen molar-refractivity contribution < 1.29 is 4.79 Å². The van der Waals surface area contributed by atoms with Crippen LogP contribution in [-0.4, -0.2) is 26.8 Å². The van der Waals surface area contributed by atoms with Crippen molar-refractivity contribution in [1.29, 1.82) is 0 Å². The third-order valence-electron chi connectivity index (χ3n) is 4.25. The van der Waals surface area contributed by atoms with Crippen LogP contribution in [-0.2, 0) is 6.42 Å². The first-order valence-corrected chi connectivity index (χ1v) is 9.00. The molecule has 0 unspecified atom stereocenters. The van der Waals surface area contributed by atoms with Crippen LogP contribution in [0.4, 0.5) is 0 Å². The molecular weight excluding hydrogens is 360 g/mol. The standard InChI is InChI=1S/C21H17ClN4O/c22-17-7-4-15(5-8-17)16-6-9-20-25-19(14-26(20)13-16)21(27)24-12-10-18-3-1-2-11-23-18/h1-9,11,13-14H,10,12H2,(H,24,27). The van der Waals surface area contributed by atoms with Crippen LogP contribution in [0.2, 0.25) is 5.02 Å². The zero-order chi connectivity index (χ0) is 18.6. The van der Waals surface area contributed by atoms with Gasteiger partial charge in [0, 0.05) is 42.3 Å². The first kappa shape index (κ1) is 17.2. The maximum atomic E-state index is 12.4. The van der Waals surface area contributed by atoms with Gasteiger partial charge in [-0.2, -0.15) is 0 Å². The second kappa shape index (κ2) is 7.60. The van der Waals surface area contributed by atoms with Gasteiger partial charge in [-0.05, 0) is 47.5 Å². The number of rotatable bonds is 5. The minimum Gasteiger partial charge on any atom is -0.350 e. The van der Waals surface area contributed by atoms with Crippen molar-refractivity contribution in [3.63, 3.8) is 0 Å². The Labute approximate surface area is 161 Å². The third kappa shape index (κ3) is 3.99. The summed E-state index contributed by atoms with van der Waals surface area (Å²) in [5.41, 5.74) is 4.14. The Morgan fingerprint density at radius 3 is 2.59 bits per heavy atom. The van der Waals surface area contributed by atoms with Crippen LogP contribution in [0, 0.1) is 0 Å². The van der Waals surface area contributed by atoms with E-state index in [1.165, 1.54) is 0 Å². The Bertz CT molecular complexity index is 1070. The molecule has 3 heterocycles. The highest BCUT2D eigenvalue weighted by Crippen LogP contribution is 2.22. The molecule has 0 spiro atoms. The molecule has 3 aromatic heterocycles. The van der Waals surface area contributed by atoms with Crippen LogP contribution in [0.1, 0.15) is 16.2 Å². The van der Waals surface area contributed by atoms with Gasteiger partial charge in [-0.1, -0.05) is 29.8 Å². The Morgan fingerprint density at radius 2 is 1.81 bits per heavy atom. The van der Waals surface area contributed by atoms with Gasteiger partial charge in [0.1, 0.15) is 11.3 Å². The summed E-state index contributed by atoms with van der Waals surface area (Å²) in [6.07, 6.45) is 6.12. The minimum atomic E-state index is -0.192. The van der Waals surface area contributed by atoms with E-state index in [4.69, 9.17) is 11.6 Å². The van der Waals surface area contributed by atoms with E-state index in [2.05, 4.69) is 15.3 Å². The number of hydrogen-bond donors (Lipinski definition) is 1. The van der Waals surface area contributed by atoms with Gasteiger partial charge in [-0.3, -0.25) is 9.78 Å². The van der Waals surface area contributed by atoms with Crippen LogP contribution in [0.15, 0.2) is 73.2 Å². The second-order valence-electron chi connectivity index (χ2n) is 6.14. The maximum Gasteiger partial charge on any atom is 0.271 e. The fourth-order valence-electron chi connectivity index (χ4n) is 2.85. The number of benzene rings is 1. The second-order valence-corrected chi connectivity index (χ2v) is 6.58. The molecule has 0 radical (unpaired) electrons. The summed E-state index contributed by atoms with van der Waals surface area (Å²) in [6, 6.07) is 17.3. The van der Waals surface area contributed by atoms with Crippen molar-refractivity contribution in [3.05, 3.63) is 89.6 Å². The summed E-state index contributed by atoms with van der Waals surface area (Å²) >= 11 is 5.95. The van der Waals surface area contributed by atoms with Gasteiger partial charge in [0.25, 0.3) is 5.91 Å². The van der Waals surface area contributed by atoms with Crippen LogP contribution in [0.25, 0.3) is 16.8 Å². The van der Waals surface area contributed by atoms with Crippen molar-refractivity contribution >= 4 is 23.2 Å². The van der Waals surface area contributed by atoms with Gasteiger partial charge in [-0.15, -0.1) is 0 Å². The summed E-state index contributed by atoms with van der Waals surface area (Å²) in [7, 11) is 0. The first-order valence-electron chi connectivity index (χ1n) is 8.62. The molecule has 0 fully saturated rings. The SMILES string of the molecule is O=C(NCCc1ccccn1)c1cn2cc(-c3ccc(Cl)cc3)ccc2n1. The molecule has 4 aromatic rings. The molecule has 1 N–H and O–H groups in total. The molecule has 0 saturated carbocycles. The Balaban J connectivity index is 1.47. The molecule has 1 amide bonds. The van der Waals surface area contributed by atoms with Gasteiger partial charge in [0.05, 0.1) is 0 Å². The number of hydrogen-bond acceptors (Lipinski definition) is 3. The van der Waals surface area contributed by atoms with Gasteiger partial charge in [0.15, 0.2) is 0 Å². The van der Waals surface area contributed by atoms with E-state index in [9.17, 15) is 4.79 Å². The van der Waals surface area contributed by atoms with E-state index in [0.29, 0.717) is 23.7 Å². The lowest BCUT2D eigenvalue weighted by atomic mass is 10.1. The largest absolute Gasteiger partial charge is 0.350 e. The van der Waals surface area contributed by atoms with Crippen LogP contribution < -0.4 is 5.32 Å². The number of carbonyl (C=O) groups excluding carboxylic acids is 1. The lowest BCUT2D eigenvalue weighted by Gasteiger charge is -2.02. The number of nitrogens with zero attached hydrogens (tertiary/aromatic N) is 3. The summed E-state index contributed by atoms with van der Waals surface area (Å²) < 4.78 is 1.86. The molecule has 27 heavy (non-hydrogen) atoms. The van der Waals surface area contributed by atoms with Gasteiger partial charge in [0.2, 0.25) is 0 Å². The lowest BCUT2D eigenvalue weighted by molar-refractivity contribution is 0.0949. The van der Waals surface area contributed by atoms with E-state index in [0.717, 1.165) is 22.5 Å². The fraction of sp³-hybridized carbons (Fsp3) is 0.0952. The number of amides is 1. The first-order chi connectivity index (χ1) is 13.2. The fourth-order valence-corrected chi connectivity index (χ4v) is 2.98. The number of fused-ring (bicyclic) bond motifs is 1. The molecule has 0 atom stereocenters. The molecule has 4 rings (SSSR count). The van der Waals surface area contributed by atoms with Crippen molar-refractivity contribution in [2.75, 3.05) is 6.54 Å². The zero-order valence-corrected chi connectivity index (χ0v) is 15.2. The van der Waals surface area contributed by atoms with Crippen LogP contribution in [0.5, 0.6) is 0 Å². The summed E-state index contributed by atoms with van der Waals surface area (Å²) in [4.78, 5) is 21.0. The van der Waals surface area contributed by atoms with Crippen molar-refractivity contribution in [2.45, 2.75) is 6.42 Å². The number of aromatic nitrogens is 3. The molecule has 6 heteroatoms. The molecule has 1 aromatic carbocycles. The Morgan fingerprint density at radius 1 is 1.00 bits per heavy atom. The van der Waals surface area contributed by atoms with Crippen LogP contribution >= 0.6 is 11.6 Å². The van der Waals surface area contributed by atoms with E-state index in [1.54, 1.807) is 12.4 Å². The molecule has 0 saturated heterocycles. The summed E-state index contributed by atoms with van der Waals surface area (Å²) in [6.45, 7) is 0.514. The maximum absolute atomic E-state index is 12.4. The molecule has 5 nitrogen and oxygen atoms in total. The van der Waals surface area contributed by atoms with Crippen molar-refractivity contribution in [2.24, 2.45) is 0 Å². The minimum absolute atomic E-state index is 0.192. The number of halogens is 1. The number of imidazole rings is 1. The monoisotopic (exact) mass is 376 g/mol. The van der Waals surface area contributed by atoms with Crippen LogP contribution in [0.3, 0.4) is 0 Å². The number of pyridine rings is 2. The third-order valence-corrected chi connectivity index (χ3v) is 4.51. The summed E-state index contributed by atoms with van der Waals surface area (Å²) in [5, 5.41) is 3.59. The van der Waals surface area contributed by atoms with E-state index < -0.39 is 0 Å². The smallest absolute Gasteiger partial charge is 0.271 e. The molecular formula is C21H17ClN4O. The average Bonchev–Trinajstić information content (AvgIpc) is 3.13. The topological polar surface area (TPSA) is 59.3 Å². The van der Waals surface area contributed by atoms with Crippen molar-refractivity contribution in [3.8, 4) is 11.1 Å². The molecule has 134 valence electrons. The normalized spacial score (nSPS) is 10.9. The molecule has 0 aliphatic carbocycles. The number of nitrogens with one attached hydrogen (secondary N) is 1.